The van der Waals surface area contributed by atoms with Crippen LogP contribution in [0.5, 0.6) is 0 Å². The Kier molecular flexibility index (Phi) is 9.93. The first-order valence-corrected chi connectivity index (χ1v) is 17.2. The lowest BCUT2D eigenvalue weighted by Gasteiger charge is -2.40. The Bertz CT molecular complexity index is 1970. The molecule has 15 heteroatoms. The SMILES string of the molecule is O=[N+]([O-])c1ccc(S(=O)(=O)N(Cc2ccccc2)[C@@H]2C=C[C@H](O)[C@H](N(Cc3ccccc3)S(=O)(=O)c3ccc([N+](=O)[O-])cc3)C2)cc1. The molecule has 4 aromatic carbocycles. The van der Waals surface area contributed by atoms with Crippen molar-refractivity contribution < 1.29 is 31.8 Å². The van der Waals surface area contributed by atoms with Gasteiger partial charge in [-0.2, -0.15) is 8.61 Å². The fraction of sp³-hybridized carbons (Fsp3) is 0.188. The fourth-order valence-electron chi connectivity index (χ4n) is 5.38. The van der Waals surface area contributed by atoms with Crippen molar-refractivity contribution >= 4 is 31.4 Å². The number of nitrogens with zero attached hydrogens (tertiary/aromatic N) is 4. The lowest BCUT2D eigenvalue weighted by molar-refractivity contribution is -0.385. The number of rotatable bonds is 12. The van der Waals surface area contributed by atoms with Crippen molar-refractivity contribution in [2.24, 2.45) is 0 Å². The first kappa shape index (κ1) is 33.6. The van der Waals surface area contributed by atoms with Crippen molar-refractivity contribution in [2.45, 2.75) is 47.5 Å². The van der Waals surface area contributed by atoms with Crippen LogP contribution in [-0.2, 0) is 33.1 Å². The van der Waals surface area contributed by atoms with Crippen LogP contribution in [0.2, 0.25) is 0 Å². The molecule has 1 N–H and O–H groups in total. The zero-order valence-electron chi connectivity index (χ0n) is 24.7. The number of aliphatic hydroxyl groups is 1. The van der Waals surface area contributed by atoms with Gasteiger partial charge in [0.15, 0.2) is 0 Å². The van der Waals surface area contributed by atoms with Gasteiger partial charge in [0.05, 0.1) is 31.8 Å². The van der Waals surface area contributed by atoms with E-state index in [1.54, 1.807) is 60.7 Å². The maximum atomic E-state index is 14.2. The molecule has 0 fully saturated rings. The zero-order valence-corrected chi connectivity index (χ0v) is 26.4. The van der Waals surface area contributed by atoms with Crippen molar-refractivity contribution in [3.8, 4) is 0 Å². The van der Waals surface area contributed by atoms with Gasteiger partial charge in [0.25, 0.3) is 11.4 Å². The maximum Gasteiger partial charge on any atom is 0.269 e. The maximum absolute atomic E-state index is 14.2. The van der Waals surface area contributed by atoms with E-state index in [0.717, 1.165) is 52.8 Å². The summed E-state index contributed by atoms with van der Waals surface area (Å²) in [4.78, 5) is 20.7. The Morgan fingerprint density at radius 1 is 0.617 bits per heavy atom. The number of hydrogen-bond acceptors (Lipinski definition) is 9. The minimum atomic E-state index is -4.40. The summed E-state index contributed by atoms with van der Waals surface area (Å²) in [5.41, 5.74) is 0.643. The lowest BCUT2D eigenvalue weighted by Crippen LogP contribution is -2.52. The summed E-state index contributed by atoms with van der Waals surface area (Å²) >= 11 is 0. The molecule has 3 atom stereocenters. The minimum absolute atomic E-state index is 0.119. The summed E-state index contributed by atoms with van der Waals surface area (Å²) in [6, 6.07) is 24.1. The van der Waals surface area contributed by atoms with Gasteiger partial charge in [-0.3, -0.25) is 20.2 Å². The highest BCUT2D eigenvalue weighted by Gasteiger charge is 2.42. The fourth-order valence-corrected chi connectivity index (χ4v) is 8.60. The molecule has 0 aliphatic heterocycles. The molecule has 0 bridgehead atoms. The molecular weight excluding hydrogens is 649 g/mol. The van der Waals surface area contributed by atoms with Crippen LogP contribution in [0.3, 0.4) is 0 Å². The van der Waals surface area contributed by atoms with Crippen LogP contribution >= 0.6 is 0 Å². The second-order valence-electron chi connectivity index (χ2n) is 10.8. The molecule has 13 nitrogen and oxygen atoms in total. The summed E-state index contributed by atoms with van der Waals surface area (Å²) in [5.74, 6) is 0. The van der Waals surface area contributed by atoms with Crippen LogP contribution in [0, 0.1) is 20.2 Å². The van der Waals surface area contributed by atoms with Gasteiger partial charge in [0.2, 0.25) is 20.0 Å². The first-order valence-electron chi connectivity index (χ1n) is 14.3. The van der Waals surface area contributed by atoms with Gasteiger partial charge in [0.1, 0.15) is 0 Å². The minimum Gasteiger partial charge on any atom is -0.387 e. The predicted molar refractivity (Wildman–Crippen MR) is 172 cm³/mol. The second kappa shape index (κ2) is 13.9. The van der Waals surface area contributed by atoms with Gasteiger partial charge >= 0.3 is 0 Å². The standard InChI is InChI=1S/C32H30N4O9S2/c37-32-20-15-28(33(22-24-7-3-1-4-8-24)46(42,43)29-16-11-26(12-17-29)35(38)39)21-31(32)34(23-25-9-5-2-6-10-25)47(44,45)30-18-13-27(14-19-30)36(40)41/h1-20,28,31-32,37H,21-23H2/t28-,31-,32+/m1/s1. The van der Waals surface area contributed by atoms with Gasteiger partial charge in [0, 0.05) is 43.4 Å². The zero-order chi connectivity index (χ0) is 33.8. The van der Waals surface area contributed by atoms with E-state index < -0.39 is 48.1 Å². The number of sulfonamides is 2. The summed E-state index contributed by atoms with van der Waals surface area (Å²) in [6.45, 7) is -0.304. The quantitative estimate of drug-likeness (QED) is 0.127. The van der Waals surface area contributed by atoms with E-state index in [4.69, 9.17) is 0 Å². The molecule has 0 amide bonds. The topological polar surface area (TPSA) is 181 Å². The Hall–Kier alpha value is -4.80. The molecule has 47 heavy (non-hydrogen) atoms. The molecule has 244 valence electrons. The number of benzene rings is 4. The van der Waals surface area contributed by atoms with E-state index in [1.165, 1.54) is 16.5 Å². The lowest BCUT2D eigenvalue weighted by atomic mass is 9.94. The highest BCUT2D eigenvalue weighted by Crippen LogP contribution is 2.33. The Balaban J connectivity index is 1.56. The van der Waals surface area contributed by atoms with Crippen LogP contribution in [0.1, 0.15) is 17.5 Å². The van der Waals surface area contributed by atoms with Crippen LogP contribution < -0.4 is 0 Å². The molecule has 0 radical (unpaired) electrons. The van der Waals surface area contributed by atoms with Crippen molar-refractivity contribution in [1.29, 1.82) is 0 Å². The molecule has 5 rings (SSSR count). The largest absolute Gasteiger partial charge is 0.387 e. The molecule has 0 unspecified atom stereocenters. The summed E-state index contributed by atoms with van der Waals surface area (Å²) in [5, 5.41) is 33.6. The smallest absolute Gasteiger partial charge is 0.269 e. The Labute approximate surface area is 271 Å². The summed E-state index contributed by atoms with van der Waals surface area (Å²) in [6.07, 6.45) is 1.37. The van der Waals surface area contributed by atoms with Gasteiger partial charge in [-0.15, -0.1) is 0 Å². The van der Waals surface area contributed by atoms with Gasteiger partial charge < -0.3 is 5.11 Å². The molecule has 0 aromatic heterocycles. The summed E-state index contributed by atoms with van der Waals surface area (Å²) in [7, 11) is -8.72. The molecule has 0 saturated carbocycles. The number of aliphatic hydroxyl groups excluding tert-OH is 1. The highest BCUT2D eigenvalue weighted by atomic mass is 32.2. The van der Waals surface area contributed by atoms with E-state index in [2.05, 4.69) is 0 Å². The average molecular weight is 679 g/mol. The third kappa shape index (κ3) is 7.45. The van der Waals surface area contributed by atoms with Crippen LogP contribution in [0.25, 0.3) is 0 Å². The van der Waals surface area contributed by atoms with Crippen molar-refractivity contribution in [2.75, 3.05) is 0 Å². The molecule has 4 aromatic rings. The number of nitro groups is 2. The third-order valence-electron chi connectivity index (χ3n) is 7.82. The summed E-state index contributed by atoms with van der Waals surface area (Å²) < 4.78 is 58.9. The van der Waals surface area contributed by atoms with Gasteiger partial charge in [-0.1, -0.05) is 72.8 Å². The second-order valence-corrected chi connectivity index (χ2v) is 14.6. The molecule has 1 aliphatic carbocycles. The van der Waals surface area contributed by atoms with E-state index in [-0.39, 0.29) is 40.7 Å². The number of non-ortho nitro benzene ring substituents is 2. The average Bonchev–Trinajstić information content (AvgIpc) is 3.07. The van der Waals surface area contributed by atoms with Gasteiger partial charge in [-0.25, -0.2) is 16.8 Å². The Morgan fingerprint density at radius 3 is 1.45 bits per heavy atom. The van der Waals surface area contributed by atoms with E-state index in [9.17, 15) is 42.2 Å². The highest BCUT2D eigenvalue weighted by molar-refractivity contribution is 7.89. The molecule has 0 spiro atoms. The van der Waals surface area contributed by atoms with Crippen molar-refractivity contribution in [1.82, 2.24) is 8.61 Å². The normalized spacial score (nSPS) is 18.3. The van der Waals surface area contributed by atoms with Crippen molar-refractivity contribution in [3.05, 3.63) is 153 Å². The van der Waals surface area contributed by atoms with E-state index >= 15 is 0 Å². The van der Waals surface area contributed by atoms with Crippen molar-refractivity contribution in [3.63, 3.8) is 0 Å². The van der Waals surface area contributed by atoms with Crippen LogP contribution in [0.4, 0.5) is 11.4 Å². The molecule has 0 heterocycles. The molecule has 0 saturated heterocycles. The van der Waals surface area contributed by atoms with Gasteiger partial charge in [-0.05, 0) is 41.8 Å². The van der Waals surface area contributed by atoms with E-state index in [0.29, 0.717) is 11.1 Å². The van der Waals surface area contributed by atoms with Crippen LogP contribution in [-0.4, -0.2) is 58.6 Å². The monoisotopic (exact) mass is 678 g/mol. The third-order valence-corrected chi connectivity index (χ3v) is 11.6. The Morgan fingerprint density at radius 2 is 1.02 bits per heavy atom. The van der Waals surface area contributed by atoms with E-state index in [1.807, 2.05) is 0 Å². The number of nitro benzene ring substituents is 2. The number of hydrogen-bond donors (Lipinski definition) is 1. The molecular formula is C32H30N4O9S2. The first-order chi connectivity index (χ1) is 22.4. The van der Waals surface area contributed by atoms with Crippen LogP contribution in [0.15, 0.2) is 131 Å². The molecule has 1 aliphatic rings. The predicted octanol–water partition coefficient (Wildman–Crippen LogP) is 4.64.